The lowest BCUT2D eigenvalue weighted by Crippen LogP contribution is -2.33. The molecule has 2 spiro atoms. The summed E-state index contributed by atoms with van der Waals surface area (Å²) in [5, 5.41) is 2.20. The summed E-state index contributed by atoms with van der Waals surface area (Å²) in [7, 11) is 0. The van der Waals surface area contributed by atoms with E-state index in [1.807, 2.05) is 0 Å². The normalized spacial score (nSPS) is 17.6. The molecule has 0 bridgehead atoms. The standard InChI is InChI=1S/C84H75NO2/c1-79(2,3)50-35-40-56-57-41-36-51(80(4,5)6)46-69(57)83(68(56)45-50)65-28-16-13-23-55(65)60-44-39-54(49-72(60)83)85(73-31-18-14-24-61(73)63-26-21-27-64-62-25-15-19-33-75(62)86-77(63)64)74-32-22-30-67-78(74)87-76-34-20-17-29-66(76)84(67)70-47-52(81(7,8)9)37-42-58(70)59-43-38-53(48-71(59)84)82(10,11)12/h13-40,42-49,57H,41H2,1-12H3. The fourth-order valence-corrected chi connectivity index (χ4v) is 16.0. The number of para-hydroxylation sites is 5. The molecule has 16 rings (SSSR count). The largest absolute Gasteiger partial charge is 0.455 e. The van der Waals surface area contributed by atoms with Gasteiger partial charge in [-0.15, -0.1) is 0 Å². The molecule has 2 heterocycles. The van der Waals surface area contributed by atoms with Crippen LogP contribution in [0.3, 0.4) is 0 Å². The van der Waals surface area contributed by atoms with E-state index >= 15 is 0 Å². The van der Waals surface area contributed by atoms with E-state index in [-0.39, 0.29) is 27.6 Å². The molecule has 428 valence electrons. The van der Waals surface area contributed by atoms with E-state index in [0.29, 0.717) is 0 Å². The number of furan rings is 1. The van der Waals surface area contributed by atoms with Crippen LogP contribution in [0.5, 0.6) is 11.5 Å². The second-order valence-electron chi connectivity index (χ2n) is 29.5. The number of anilines is 3. The van der Waals surface area contributed by atoms with Gasteiger partial charge in [0.1, 0.15) is 16.9 Å². The average Bonchev–Trinajstić information content (AvgIpc) is 1.56. The van der Waals surface area contributed by atoms with Gasteiger partial charge in [0, 0.05) is 44.6 Å². The molecule has 87 heavy (non-hydrogen) atoms. The molecule has 11 aromatic rings. The number of benzene rings is 10. The minimum Gasteiger partial charge on any atom is -0.455 e. The topological polar surface area (TPSA) is 25.6 Å². The van der Waals surface area contributed by atoms with Crippen molar-refractivity contribution in [1.29, 1.82) is 0 Å². The minimum atomic E-state index is -0.735. The molecule has 3 heteroatoms. The first-order chi connectivity index (χ1) is 41.7. The van der Waals surface area contributed by atoms with Crippen LogP contribution >= 0.6 is 0 Å². The Balaban J connectivity index is 1.02. The third-order valence-electron chi connectivity index (χ3n) is 20.4. The van der Waals surface area contributed by atoms with Gasteiger partial charge in [0.25, 0.3) is 0 Å². The molecule has 0 radical (unpaired) electrons. The molecule has 5 aliphatic rings. The molecular weight excluding hydrogens is 1050 g/mol. The molecule has 0 fully saturated rings. The van der Waals surface area contributed by atoms with Crippen LogP contribution in [-0.2, 0) is 27.1 Å². The lowest BCUT2D eigenvalue weighted by atomic mass is 9.64. The Labute approximate surface area is 513 Å². The van der Waals surface area contributed by atoms with Gasteiger partial charge < -0.3 is 14.1 Å². The molecule has 10 aromatic carbocycles. The summed E-state index contributed by atoms with van der Waals surface area (Å²) in [6.07, 6.45) is 6.12. The Kier molecular flexibility index (Phi) is 11.3. The Morgan fingerprint density at radius 3 is 1.63 bits per heavy atom. The highest BCUT2D eigenvalue weighted by Gasteiger charge is 2.57. The third-order valence-corrected chi connectivity index (χ3v) is 20.4. The third kappa shape index (κ3) is 7.54. The summed E-state index contributed by atoms with van der Waals surface area (Å²) in [5.74, 6) is 1.92. The summed E-state index contributed by atoms with van der Waals surface area (Å²) in [4.78, 5) is 2.54. The van der Waals surface area contributed by atoms with E-state index in [9.17, 15) is 0 Å². The lowest BCUT2D eigenvalue weighted by molar-refractivity contribution is 0.437. The molecule has 0 saturated carbocycles. The first-order valence-corrected chi connectivity index (χ1v) is 31.5. The highest BCUT2D eigenvalue weighted by molar-refractivity contribution is 6.11. The fourth-order valence-electron chi connectivity index (χ4n) is 16.0. The van der Waals surface area contributed by atoms with Crippen molar-refractivity contribution >= 4 is 39.0 Å². The molecule has 2 atom stereocenters. The number of nitrogens with zero attached hydrogens (tertiary/aromatic N) is 1. The summed E-state index contributed by atoms with van der Waals surface area (Å²) in [5.41, 5.74) is 27.6. The summed E-state index contributed by atoms with van der Waals surface area (Å²) in [6.45, 7) is 28.2. The van der Waals surface area contributed by atoms with Crippen LogP contribution in [0.2, 0.25) is 0 Å². The molecule has 3 nitrogen and oxygen atoms in total. The van der Waals surface area contributed by atoms with Crippen molar-refractivity contribution in [1.82, 2.24) is 0 Å². The average molecular weight is 1130 g/mol. The number of allylic oxidation sites excluding steroid dienone is 4. The van der Waals surface area contributed by atoms with Crippen molar-refractivity contribution in [3.63, 3.8) is 0 Å². The number of fused-ring (bicyclic) bond motifs is 22. The molecule has 0 N–H and O–H groups in total. The Hall–Kier alpha value is -8.92. The Morgan fingerprint density at radius 1 is 0.402 bits per heavy atom. The predicted molar refractivity (Wildman–Crippen MR) is 362 cm³/mol. The highest BCUT2D eigenvalue weighted by Crippen LogP contribution is 2.69. The summed E-state index contributed by atoms with van der Waals surface area (Å²) >= 11 is 0. The van der Waals surface area contributed by atoms with Crippen molar-refractivity contribution in [2.45, 2.75) is 122 Å². The molecule has 4 aliphatic carbocycles. The predicted octanol–water partition coefficient (Wildman–Crippen LogP) is 22.8. The summed E-state index contributed by atoms with van der Waals surface area (Å²) in [6, 6.07) is 78.7. The summed E-state index contributed by atoms with van der Waals surface area (Å²) < 4.78 is 14.7. The van der Waals surface area contributed by atoms with Crippen LogP contribution in [0.15, 0.2) is 234 Å². The van der Waals surface area contributed by atoms with Gasteiger partial charge in [-0.2, -0.15) is 0 Å². The molecule has 2 unspecified atom stereocenters. The first-order valence-electron chi connectivity index (χ1n) is 31.5. The van der Waals surface area contributed by atoms with Crippen LogP contribution in [-0.4, -0.2) is 0 Å². The lowest BCUT2D eigenvalue weighted by Gasteiger charge is -2.42. The number of hydrogen-bond acceptors (Lipinski definition) is 3. The van der Waals surface area contributed by atoms with Crippen LogP contribution in [0.4, 0.5) is 17.1 Å². The quantitative estimate of drug-likeness (QED) is 0.176. The molecule has 1 aromatic heterocycles. The number of ether oxygens (including phenoxy) is 1. The number of rotatable bonds is 4. The van der Waals surface area contributed by atoms with Crippen LogP contribution in [0.25, 0.3) is 55.3 Å². The Bertz CT molecular complexity index is 4750. The second kappa shape index (κ2) is 18.3. The SMILES string of the molecule is CC(C)(C)C1=CCC2C(=C1)C1(c3ccccc3-c3ccc(N(c4ccccc4-c4cccc5c4oc4ccccc45)c4cccc5c4Oc4ccccc4C54c5cc(C(C)(C)C)ccc5-c5ccc(C(C)(C)C)cc54)cc31)c1cc(C(C)(C)C)ccc12. The maximum atomic E-state index is 7.77. The minimum absolute atomic E-state index is 0.0398. The van der Waals surface area contributed by atoms with Crippen molar-refractivity contribution in [2.75, 3.05) is 4.90 Å². The van der Waals surface area contributed by atoms with Crippen LogP contribution < -0.4 is 9.64 Å². The van der Waals surface area contributed by atoms with Crippen molar-refractivity contribution in [3.8, 4) is 44.9 Å². The van der Waals surface area contributed by atoms with Gasteiger partial charge in [0.2, 0.25) is 0 Å². The van der Waals surface area contributed by atoms with Gasteiger partial charge in [0.15, 0.2) is 5.75 Å². The van der Waals surface area contributed by atoms with Gasteiger partial charge in [-0.05, 0) is 148 Å². The van der Waals surface area contributed by atoms with Gasteiger partial charge >= 0.3 is 0 Å². The van der Waals surface area contributed by atoms with Gasteiger partial charge in [-0.1, -0.05) is 265 Å². The van der Waals surface area contributed by atoms with E-state index < -0.39 is 10.8 Å². The van der Waals surface area contributed by atoms with Crippen molar-refractivity contribution in [3.05, 3.63) is 291 Å². The zero-order chi connectivity index (χ0) is 59.9. The van der Waals surface area contributed by atoms with Crippen molar-refractivity contribution in [2.24, 2.45) is 5.41 Å². The van der Waals surface area contributed by atoms with Crippen LogP contribution in [0.1, 0.15) is 157 Å². The maximum absolute atomic E-state index is 7.77. The molecular formula is C84H75NO2. The van der Waals surface area contributed by atoms with E-state index in [1.54, 1.807) is 0 Å². The molecule has 1 aliphatic heterocycles. The van der Waals surface area contributed by atoms with Crippen LogP contribution in [0, 0.1) is 5.41 Å². The first kappa shape index (κ1) is 53.5. The molecule has 0 saturated heterocycles. The monoisotopic (exact) mass is 1130 g/mol. The van der Waals surface area contributed by atoms with E-state index in [4.69, 9.17) is 9.15 Å². The van der Waals surface area contributed by atoms with E-state index in [0.717, 1.165) is 79.2 Å². The van der Waals surface area contributed by atoms with Gasteiger partial charge in [-0.25, -0.2) is 0 Å². The number of hydrogen-bond donors (Lipinski definition) is 0. The van der Waals surface area contributed by atoms with E-state index in [2.05, 4.69) is 306 Å². The fraction of sp³-hybridized carbons (Fsp3) is 0.238. The van der Waals surface area contributed by atoms with Crippen molar-refractivity contribution < 1.29 is 9.15 Å². The highest BCUT2D eigenvalue weighted by atomic mass is 16.5. The van der Waals surface area contributed by atoms with Gasteiger partial charge in [0.05, 0.1) is 22.2 Å². The zero-order valence-electron chi connectivity index (χ0n) is 52.3. The Morgan fingerprint density at radius 2 is 0.931 bits per heavy atom. The second-order valence-corrected chi connectivity index (χ2v) is 29.5. The van der Waals surface area contributed by atoms with Gasteiger partial charge in [-0.3, -0.25) is 0 Å². The maximum Gasteiger partial charge on any atom is 0.156 e. The van der Waals surface area contributed by atoms with E-state index in [1.165, 1.54) is 83.5 Å². The zero-order valence-corrected chi connectivity index (χ0v) is 52.3. The smallest absolute Gasteiger partial charge is 0.156 e. The molecule has 0 amide bonds.